The zero-order valence-corrected chi connectivity index (χ0v) is 9.76. The van der Waals surface area contributed by atoms with E-state index in [9.17, 15) is 18.0 Å². The number of halogens is 3. The van der Waals surface area contributed by atoms with Gasteiger partial charge < -0.3 is 4.42 Å². The number of nitrogens with zero attached hydrogens (tertiary/aromatic N) is 3. The van der Waals surface area contributed by atoms with E-state index in [0.29, 0.717) is 5.56 Å². The zero-order chi connectivity index (χ0) is 14.8. The predicted molar refractivity (Wildman–Crippen MR) is 62.6 cm³/mol. The minimum atomic E-state index is -4.41. The molecule has 0 atom stereocenters. The van der Waals surface area contributed by atoms with Gasteiger partial charge in [-0.25, -0.2) is 0 Å². The van der Waals surface area contributed by atoms with Crippen LogP contribution < -0.4 is 0 Å². The van der Waals surface area contributed by atoms with Crippen LogP contribution in [0.4, 0.5) is 13.2 Å². The molecule has 102 valence electrons. The summed E-state index contributed by atoms with van der Waals surface area (Å²) in [6.45, 7) is 0. The highest BCUT2D eigenvalue weighted by Gasteiger charge is 2.30. The number of carbonyl (C=O) groups excluding carboxylic acids is 1. The molecule has 0 spiro atoms. The van der Waals surface area contributed by atoms with E-state index in [4.69, 9.17) is 9.95 Å². The van der Waals surface area contributed by atoms with Gasteiger partial charge in [-0.15, -0.1) is 0 Å². The molecule has 0 radical (unpaired) electrons. The first-order chi connectivity index (χ1) is 9.41. The van der Waals surface area contributed by atoms with Crippen molar-refractivity contribution >= 4 is 5.91 Å². The molecular formula is C12H6F3N3O2. The molecule has 0 unspecified atom stereocenters. The molecular weight excluding hydrogens is 275 g/mol. The van der Waals surface area contributed by atoms with Crippen molar-refractivity contribution in [3.8, 4) is 11.3 Å². The van der Waals surface area contributed by atoms with E-state index < -0.39 is 17.6 Å². The Hall–Kier alpha value is -2.73. The summed E-state index contributed by atoms with van der Waals surface area (Å²) in [7, 11) is 0. The Labute approximate surface area is 110 Å². The lowest BCUT2D eigenvalue weighted by Crippen LogP contribution is -2.03. The van der Waals surface area contributed by atoms with Crippen LogP contribution in [0.2, 0.25) is 0 Å². The van der Waals surface area contributed by atoms with Gasteiger partial charge in [-0.3, -0.25) is 4.79 Å². The number of hydrogen-bond acceptors (Lipinski definition) is 2. The van der Waals surface area contributed by atoms with Crippen molar-refractivity contribution < 1.29 is 22.4 Å². The topological polar surface area (TPSA) is 79.0 Å². The lowest BCUT2D eigenvalue weighted by atomic mass is 10.1. The molecule has 8 heteroatoms. The van der Waals surface area contributed by atoms with E-state index in [1.807, 2.05) is 0 Å². The van der Waals surface area contributed by atoms with Gasteiger partial charge in [-0.05, 0) is 34.9 Å². The van der Waals surface area contributed by atoms with E-state index in [2.05, 4.69) is 10.0 Å². The summed E-state index contributed by atoms with van der Waals surface area (Å²) in [5, 5.41) is 2.85. The number of hydrogen-bond donors (Lipinski definition) is 0. The van der Waals surface area contributed by atoms with Gasteiger partial charge >= 0.3 is 6.18 Å². The Balaban J connectivity index is 2.29. The molecule has 2 aromatic rings. The van der Waals surface area contributed by atoms with Gasteiger partial charge in [0.05, 0.1) is 5.56 Å². The van der Waals surface area contributed by atoms with Crippen LogP contribution in [0.3, 0.4) is 0 Å². The van der Waals surface area contributed by atoms with Crippen LogP contribution in [-0.2, 0) is 6.18 Å². The number of furan rings is 1. The largest absolute Gasteiger partial charge is 0.453 e. The third-order valence-electron chi connectivity index (χ3n) is 2.45. The van der Waals surface area contributed by atoms with Crippen molar-refractivity contribution in [2.24, 2.45) is 5.11 Å². The van der Waals surface area contributed by atoms with Gasteiger partial charge in [0.15, 0.2) is 5.76 Å². The number of benzene rings is 1. The number of azide groups is 1. The first-order valence-electron chi connectivity index (χ1n) is 5.28. The second-order valence-corrected chi connectivity index (χ2v) is 3.73. The SMILES string of the molecule is [N-]=[N+]=NC(=O)c1ccc(-c2ccc(C(F)(F)F)cc2)o1. The van der Waals surface area contributed by atoms with Crippen molar-refractivity contribution in [2.75, 3.05) is 0 Å². The molecule has 1 aromatic heterocycles. The van der Waals surface area contributed by atoms with Crippen LogP contribution in [-0.4, -0.2) is 5.91 Å². The summed E-state index contributed by atoms with van der Waals surface area (Å²) in [4.78, 5) is 13.5. The monoisotopic (exact) mass is 281 g/mol. The Bertz CT molecular complexity index is 683. The van der Waals surface area contributed by atoms with Gasteiger partial charge in [0.25, 0.3) is 5.91 Å². The molecule has 0 aliphatic rings. The summed E-state index contributed by atoms with van der Waals surface area (Å²) in [5.41, 5.74) is 7.71. The number of amides is 1. The third kappa shape index (κ3) is 2.81. The molecule has 0 saturated heterocycles. The summed E-state index contributed by atoms with van der Waals surface area (Å²) < 4.78 is 42.3. The molecule has 0 N–H and O–H groups in total. The highest BCUT2D eigenvalue weighted by atomic mass is 19.4. The highest BCUT2D eigenvalue weighted by Crippen LogP contribution is 2.31. The summed E-state index contributed by atoms with van der Waals surface area (Å²) in [5.74, 6) is -0.876. The molecule has 0 fully saturated rings. The standard InChI is InChI=1S/C12H6F3N3O2/c13-12(14,15)8-3-1-7(2-4-8)9-5-6-10(20-9)11(19)17-18-16/h1-6H. The third-order valence-corrected chi connectivity index (χ3v) is 2.45. The van der Waals surface area contributed by atoms with Crippen LogP contribution in [0.15, 0.2) is 45.9 Å². The van der Waals surface area contributed by atoms with Gasteiger partial charge in [0.2, 0.25) is 0 Å². The number of alkyl halides is 3. The quantitative estimate of drug-likeness (QED) is 0.464. The Morgan fingerprint density at radius 2 is 1.80 bits per heavy atom. The molecule has 0 aliphatic heterocycles. The van der Waals surface area contributed by atoms with Crippen molar-refractivity contribution in [1.82, 2.24) is 0 Å². The van der Waals surface area contributed by atoms with Crippen LogP contribution >= 0.6 is 0 Å². The molecule has 0 bridgehead atoms. The Kier molecular flexibility index (Phi) is 3.49. The van der Waals surface area contributed by atoms with Crippen molar-refractivity contribution in [2.45, 2.75) is 6.18 Å². The Morgan fingerprint density at radius 3 is 2.35 bits per heavy atom. The molecule has 20 heavy (non-hydrogen) atoms. The van der Waals surface area contributed by atoms with Crippen molar-refractivity contribution in [3.63, 3.8) is 0 Å². The highest BCUT2D eigenvalue weighted by molar-refractivity contribution is 5.92. The second-order valence-electron chi connectivity index (χ2n) is 3.73. The molecule has 1 heterocycles. The van der Waals surface area contributed by atoms with E-state index >= 15 is 0 Å². The van der Waals surface area contributed by atoms with Gasteiger partial charge in [-0.2, -0.15) is 13.2 Å². The van der Waals surface area contributed by atoms with Gasteiger partial charge in [0, 0.05) is 10.5 Å². The number of carbonyl (C=O) groups is 1. The minimum Gasteiger partial charge on any atom is -0.453 e. The lowest BCUT2D eigenvalue weighted by molar-refractivity contribution is -0.137. The van der Waals surface area contributed by atoms with Crippen LogP contribution in [0.1, 0.15) is 16.1 Å². The van der Waals surface area contributed by atoms with E-state index in [1.165, 1.54) is 24.3 Å². The molecule has 1 aromatic carbocycles. The normalized spacial score (nSPS) is 10.9. The molecule has 0 aliphatic carbocycles. The molecule has 0 saturated carbocycles. The number of rotatable bonds is 2. The van der Waals surface area contributed by atoms with Crippen molar-refractivity contribution in [1.29, 1.82) is 0 Å². The maximum absolute atomic E-state index is 12.4. The zero-order valence-electron chi connectivity index (χ0n) is 9.76. The van der Waals surface area contributed by atoms with E-state index in [0.717, 1.165) is 12.1 Å². The van der Waals surface area contributed by atoms with Crippen molar-refractivity contribution in [3.05, 3.63) is 58.2 Å². The fraction of sp³-hybridized carbons (Fsp3) is 0.0833. The van der Waals surface area contributed by atoms with E-state index in [-0.39, 0.29) is 11.5 Å². The van der Waals surface area contributed by atoms with Crippen LogP contribution in [0, 0.1) is 0 Å². The summed E-state index contributed by atoms with van der Waals surface area (Å²) in [6, 6.07) is 6.96. The average Bonchev–Trinajstić information content (AvgIpc) is 2.88. The van der Waals surface area contributed by atoms with E-state index in [1.54, 1.807) is 0 Å². The lowest BCUT2D eigenvalue weighted by Gasteiger charge is -2.06. The summed E-state index contributed by atoms with van der Waals surface area (Å²) in [6.07, 6.45) is -4.41. The molecule has 5 nitrogen and oxygen atoms in total. The minimum absolute atomic E-state index is 0.183. The maximum atomic E-state index is 12.4. The van der Waals surface area contributed by atoms with Gasteiger partial charge in [-0.1, -0.05) is 12.1 Å². The smallest absolute Gasteiger partial charge is 0.416 e. The maximum Gasteiger partial charge on any atom is 0.416 e. The molecule has 2 rings (SSSR count). The summed E-state index contributed by atoms with van der Waals surface area (Å²) >= 11 is 0. The first kappa shape index (κ1) is 13.7. The van der Waals surface area contributed by atoms with Crippen LogP contribution in [0.25, 0.3) is 21.8 Å². The fourth-order valence-corrected chi connectivity index (χ4v) is 1.52. The Morgan fingerprint density at radius 1 is 1.15 bits per heavy atom. The van der Waals surface area contributed by atoms with Crippen LogP contribution in [0.5, 0.6) is 0 Å². The average molecular weight is 281 g/mol. The van der Waals surface area contributed by atoms with Gasteiger partial charge in [0.1, 0.15) is 5.76 Å². The fourth-order valence-electron chi connectivity index (χ4n) is 1.52. The first-order valence-corrected chi connectivity index (χ1v) is 5.28. The second kappa shape index (κ2) is 5.10. The predicted octanol–water partition coefficient (Wildman–Crippen LogP) is 4.42. The molecule has 1 amide bonds.